The third-order valence-corrected chi connectivity index (χ3v) is 2.95. The van der Waals surface area contributed by atoms with Gasteiger partial charge in [0.2, 0.25) is 0 Å². The van der Waals surface area contributed by atoms with Crippen molar-refractivity contribution in [3.05, 3.63) is 60.2 Å². The molecule has 0 unspecified atom stereocenters. The van der Waals surface area contributed by atoms with Crippen molar-refractivity contribution >= 4 is 0 Å². The summed E-state index contributed by atoms with van der Waals surface area (Å²) < 4.78 is 16.6. The predicted octanol–water partition coefficient (Wildman–Crippen LogP) is 3.04. The fourth-order valence-electron chi connectivity index (χ4n) is 2.05. The second kappa shape index (κ2) is 9.11. The van der Waals surface area contributed by atoms with Crippen molar-refractivity contribution in [2.75, 3.05) is 26.9 Å². The molecule has 20 heavy (non-hydrogen) atoms. The standard InChI is InChI=1S/C11H15O3.C5H5.Fe/c1-12-9-11(10-5-2-3-6-10)13-7-4-8-14-11;1-2-4-5-3-1;/h2-3,5-6H,4,7-9H2,1H3;1-5H;/q2*-1;+2. The third kappa shape index (κ3) is 4.58. The summed E-state index contributed by atoms with van der Waals surface area (Å²) in [5.74, 6) is -0.670. The SMILES string of the molecule is COCC1(c2ccc[cH-]2)OCCCO1.[Fe+2].c1cc[cH-]c1. The second-order valence-electron chi connectivity index (χ2n) is 4.37. The minimum absolute atomic E-state index is 0. The minimum Gasteiger partial charge on any atom is -0.379 e. The average molecular weight is 316 g/mol. The van der Waals surface area contributed by atoms with E-state index in [0.29, 0.717) is 6.61 Å². The van der Waals surface area contributed by atoms with Crippen molar-refractivity contribution in [1.29, 1.82) is 0 Å². The van der Waals surface area contributed by atoms with Gasteiger partial charge in [-0.2, -0.15) is 30.3 Å². The molecule has 4 heteroatoms. The van der Waals surface area contributed by atoms with Crippen LogP contribution >= 0.6 is 0 Å². The normalized spacial score (nSPS) is 16.6. The maximum Gasteiger partial charge on any atom is 2.00 e. The number of ether oxygens (including phenoxy) is 3. The van der Waals surface area contributed by atoms with Crippen LogP contribution in [0.25, 0.3) is 0 Å². The van der Waals surface area contributed by atoms with Crippen LogP contribution in [0.15, 0.2) is 54.6 Å². The van der Waals surface area contributed by atoms with Gasteiger partial charge in [-0.1, -0.05) is 0 Å². The van der Waals surface area contributed by atoms with E-state index in [9.17, 15) is 0 Å². The number of hydrogen-bond donors (Lipinski definition) is 0. The van der Waals surface area contributed by atoms with Crippen molar-refractivity contribution in [3.8, 4) is 0 Å². The van der Waals surface area contributed by atoms with E-state index in [-0.39, 0.29) is 17.1 Å². The van der Waals surface area contributed by atoms with Crippen LogP contribution in [-0.4, -0.2) is 26.9 Å². The van der Waals surface area contributed by atoms with E-state index < -0.39 is 5.79 Å². The quantitative estimate of drug-likeness (QED) is 0.643. The predicted molar refractivity (Wildman–Crippen MR) is 74.1 cm³/mol. The molecule has 0 saturated carbocycles. The van der Waals surface area contributed by atoms with Crippen LogP contribution in [0.1, 0.15) is 12.0 Å². The molecule has 2 aromatic rings. The zero-order chi connectivity index (χ0) is 13.4. The van der Waals surface area contributed by atoms with E-state index in [2.05, 4.69) is 0 Å². The molecule has 0 atom stereocenters. The Morgan fingerprint density at radius 1 is 1.15 bits per heavy atom. The average Bonchev–Trinajstić information content (AvgIpc) is 3.17. The number of hydrogen-bond acceptors (Lipinski definition) is 3. The summed E-state index contributed by atoms with van der Waals surface area (Å²) in [4.78, 5) is 0. The van der Waals surface area contributed by atoms with E-state index in [0.717, 1.165) is 25.2 Å². The van der Waals surface area contributed by atoms with E-state index in [1.165, 1.54) is 0 Å². The molecule has 1 heterocycles. The maximum absolute atomic E-state index is 5.70. The first kappa shape index (κ1) is 17.2. The van der Waals surface area contributed by atoms with Crippen LogP contribution < -0.4 is 0 Å². The largest absolute Gasteiger partial charge is 2.00 e. The Kier molecular flexibility index (Phi) is 7.81. The van der Waals surface area contributed by atoms with Gasteiger partial charge in [-0.3, -0.25) is 0 Å². The third-order valence-electron chi connectivity index (χ3n) is 2.95. The van der Waals surface area contributed by atoms with E-state index >= 15 is 0 Å². The van der Waals surface area contributed by atoms with E-state index in [1.54, 1.807) is 7.11 Å². The van der Waals surface area contributed by atoms with Gasteiger partial charge in [-0.05, 0) is 6.42 Å². The Balaban J connectivity index is 0.000000283. The van der Waals surface area contributed by atoms with Gasteiger partial charge in [0.25, 0.3) is 0 Å². The molecular weight excluding hydrogens is 296 g/mol. The molecule has 1 saturated heterocycles. The van der Waals surface area contributed by atoms with Crippen LogP contribution in [0.2, 0.25) is 0 Å². The van der Waals surface area contributed by atoms with Gasteiger partial charge in [0.05, 0.1) is 13.2 Å². The van der Waals surface area contributed by atoms with Gasteiger partial charge in [-0.15, -0.1) is 5.56 Å². The molecule has 0 aromatic heterocycles. The zero-order valence-electron chi connectivity index (χ0n) is 11.6. The molecule has 3 nitrogen and oxygen atoms in total. The second-order valence-corrected chi connectivity index (χ2v) is 4.37. The number of methoxy groups -OCH3 is 1. The topological polar surface area (TPSA) is 27.7 Å². The Morgan fingerprint density at radius 2 is 1.85 bits per heavy atom. The van der Waals surface area contributed by atoms with Crippen molar-refractivity contribution in [2.45, 2.75) is 12.2 Å². The Bertz CT molecular complexity index is 394. The Morgan fingerprint density at radius 3 is 2.30 bits per heavy atom. The van der Waals surface area contributed by atoms with Gasteiger partial charge in [-0.25, -0.2) is 24.3 Å². The molecule has 0 aliphatic carbocycles. The first-order valence-corrected chi connectivity index (χ1v) is 6.53. The fourth-order valence-corrected chi connectivity index (χ4v) is 2.05. The summed E-state index contributed by atoms with van der Waals surface area (Å²) >= 11 is 0. The molecule has 0 N–H and O–H groups in total. The molecule has 110 valence electrons. The Labute approximate surface area is 131 Å². The molecule has 0 radical (unpaired) electrons. The van der Waals surface area contributed by atoms with Gasteiger partial charge < -0.3 is 14.2 Å². The van der Waals surface area contributed by atoms with Crippen molar-refractivity contribution in [2.24, 2.45) is 0 Å². The van der Waals surface area contributed by atoms with Crippen molar-refractivity contribution in [3.63, 3.8) is 0 Å². The summed E-state index contributed by atoms with van der Waals surface area (Å²) in [6.07, 6.45) is 0.951. The Hall–Kier alpha value is -0.901. The molecule has 1 fully saturated rings. The van der Waals surface area contributed by atoms with Crippen LogP contribution in [-0.2, 0) is 37.1 Å². The minimum atomic E-state index is -0.670. The summed E-state index contributed by atoms with van der Waals surface area (Å²) in [5.41, 5.74) is 1.04. The van der Waals surface area contributed by atoms with Crippen molar-refractivity contribution in [1.82, 2.24) is 0 Å². The van der Waals surface area contributed by atoms with Crippen LogP contribution in [0, 0.1) is 0 Å². The summed E-state index contributed by atoms with van der Waals surface area (Å²) in [6, 6.07) is 18.0. The van der Waals surface area contributed by atoms with Gasteiger partial charge >= 0.3 is 17.1 Å². The smallest absolute Gasteiger partial charge is 0.379 e. The zero-order valence-corrected chi connectivity index (χ0v) is 12.7. The van der Waals surface area contributed by atoms with Gasteiger partial charge in [0.1, 0.15) is 6.61 Å². The molecular formula is C16H20FeO3. The summed E-state index contributed by atoms with van der Waals surface area (Å²) in [7, 11) is 1.66. The van der Waals surface area contributed by atoms with Gasteiger partial charge in [0.15, 0.2) is 5.79 Å². The molecule has 0 spiro atoms. The van der Waals surface area contributed by atoms with Crippen LogP contribution in [0.4, 0.5) is 0 Å². The van der Waals surface area contributed by atoms with Crippen molar-refractivity contribution < 1.29 is 31.3 Å². The van der Waals surface area contributed by atoms with Gasteiger partial charge in [0, 0.05) is 7.11 Å². The first-order chi connectivity index (χ1) is 9.37. The summed E-state index contributed by atoms with van der Waals surface area (Å²) in [5, 5.41) is 0. The molecule has 3 rings (SSSR count). The maximum atomic E-state index is 5.70. The van der Waals surface area contributed by atoms with Crippen LogP contribution in [0.5, 0.6) is 0 Å². The first-order valence-electron chi connectivity index (χ1n) is 6.53. The summed E-state index contributed by atoms with van der Waals surface area (Å²) in [6.45, 7) is 1.90. The van der Waals surface area contributed by atoms with E-state index in [4.69, 9.17) is 14.2 Å². The molecule has 0 amide bonds. The monoisotopic (exact) mass is 316 g/mol. The molecule has 0 bridgehead atoms. The van der Waals surface area contributed by atoms with Crippen LogP contribution in [0.3, 0.4) is 0 Å². The molecule has 1 aliphatic heterocycles. The molecule has 1 aliphatic rings. The molecule has 2 aromatic carbocycles. The number of rotatable bonds is 3. The van der Waals surface area contributed by atoms with E-state index in [1.807, 2.05) is 54.6 Å². The fraction of sp³-hybridized carbons (Fsp3) is 0.375.